The van der Waals surface area contributed by atoms with Crippen LogP contribution in [0.15, 0.2) is 0 Å². The maximum absolute atomic E-state index is 12.4. The zero-order valence-corrected chi connectivity index (χ0v) is 28.5. The number of rotatable bonds is 23. The van der Waals surface area contributed by atoms with Crippen LogP contribution in [0.25, 0.3) is 0 Å². The molecule has 2 rings (SSSR count). The Morgan fingerprint density at radius 3 is 1.72 bits per heavy atom. The molecule has 13 nitrogen and oxygen atoms in total. The average molecular weight is 665 g/mol. The number of carbonyl (C=O) groups is 2. The van der Waals surface area contributed by atoms with E-state index in [0.29, 0.717) is 13.2 Å². The highest BCUT2D eigenvalue weighted by molar-refractivity contribution is 5.66. The molecule has 46 heavy (non-hydrogen) atoms. The van der Waals surface area contributed by atoms with Crippen molar-refractivity contribution >= 4 is 11.9 Å². The minimum Gasteiger partial charge on any atom is -0.463 e. The van der Waals surface area contributed by atoms with E-state index in [0.717, 1.165) is 64.2 Å². The predicted octanol–water partition coefficient (Wildman–Crippen LogP) is 3.17. The van der Waals surface area contributed by atoms with Crippen molar-refractivity contribution in [2.45, 2.75) is 166 Å². The van der Waals surface area contributed by atoms with Crippen LogP contribution in [0.1, 0.15) is 105 Å². The predicted molar refractivity (Wildman–Crippen MR) is 167 cm³/mol. The van der Waals surface area contributed by atoms with Crippen LogP contribution in [-0.2, 0) is 47.5 Å². The summed E-state index contributed by atoms with van der Waals surface area (Å²) in [4.78, 5) is 24.2. The molecular formula is C33H60O13. The van der Waals surface area contributed by atoms with E-state index in [1.54, 1.807) is 0 Å². The number of aliphatic hydroxyl groups excluding tert-OH is 3. The van der Waals surface area contributed by atoms with Gasteiger partial charge in [-0.3, -0.25) is 9.59 Å². The summed E-state index contributed by atoms with van der Waals surface area (Å²) >= 11 is 0. The van der Waals surface area contributed by atoms with Crippen molar-refractivity contribution in [3.05, 3.63) is 0 Å². The lowest BCUT2D eigenvalue weighted by atomic mass is 9.96. The number of hydrogen-bond donors (Lipinski definition) is 3. The van der Waals surface area contributed by atoms with Crippen molar-refractivity contribution in [2.75, 3.05) is 33.5 Å². The molecule has 2 fully saturated rings. The van der Waals surface area contributed by atoms with Crippen LogP contribution in [0.4, 0.5) is 0 Å². The first-order chi connectivity index (χ1) is 22.2. The maximum atomic E-state index is 12.4. The van der Waals surface area contributed by atoms with Crippen molar-refractivity contribution in [1.29, 1.82) is 0 Å². The fourth-order valence-corrected chi connectivity index (χ4v) is 5.80. The van der Waals surface area contributed by atoms with Crippen LogP contribution in [0.3, 0.4) is 0 Å². The van der Waals surface area contributed by atoms with Gasteiger partial charge in [0.1, 0.15) is 49.3 Å². The molecule has 3 N–H and O–H groups in total. The third-order valence-corrected chi connectivity index (χ3v) is 8.30. The van der Waals surface area contributed by atoms with Crippen LogP contribution in [0, 0.1) is 0 Å². The molecule has 0 aliphatic carbocycles. The fourth-order valence-electron chi connectivity index (χ4n) is 5.80. The highest BCUT2D eigenvalue weighted by atomic mass is 16.8. The van der Waals surface area contributed by atoms with Crippen molar-refractivity contribution in [2.24, 2.45) is 0 Å². The van der Waals surface area contributed by atoms with Crippen molar-refractivity contribution in [1.82, 2.24) is 0 Å². The Bertz CT molecular complexity index is 827. The summed E-state index contributed by atoms with van der Waals surface area (Å²) in [6, 6.07) is 0. The highest BCUT2D eigenvalue weighted by Crippen LogP contribution is 2.33. The molecule has 0 spiro atoms. The standard InChI is InChI=1S/C33H60O13/c1-6-8-10-12-14-16-18-40-29-25(21-42-22(3)35)45-33(46-28-24(20-34)44-32(39-5)27(38)26(28)37)31(43-23(4)36)30(29)41-19-17-15-13-11-9-7-2/h24-34,37-38H,6-21H2,1-5H3/t24-,25-,26-,27-,28-,29+,30+,31-,32-,33+/m1/s1. The molecule has 13 heteroatoms. The molecular weight excluding hydrogens is 604 g/mol. The van der Waals surface area contributed by atoms with Crippen molar-refractivity contribution < 1.29 is 62.8 Å². The summed E-state index contributed by atoms with van der Waals surface area (Å²) < 4.78 is 47.0. The average Bonchev–Trinajstić information content (AvgIpc) is 3.03. The maximum Gasteiger partial charge on any atom is 0.303 e. The van der Waals surface area contributed by atoms with E-state index in [1.807, 2.05) is 0 Å². The normalized spacial score (nSPS) is 31.5. The Hall–Kier alpha value is -1.42. The molecule has 0 unspecified atom stereocenters. The van der Waals surface area contributed by atoms with E-state index in [-0.39, 0.29) is 6.61 Å². The summed E-state index contributed by atoms with van der Waals surface area (Å²) in [7, 11) is 1.30. The van der Waals surface area contributed by atoms with Gasteiger partial charge in [0.2, 0.25) is 0 Å². The van der Waals surface area contributed by atoms with Gasteiger partial charge in [-0.1, -0.05) is 78.1 Å². The summed E-state index contributed by atoms with van der Waals surface area (Å²) in [5.41, 5.74) is 0. The van der Waals surface area contributed by atoms with Gasteiger partial charge in [-0.2, -0.15) is 0 Å². The summed E-state index contributed by atoms with van der Waals surface area (Å²) in [5, 5.41) is 31.6. The first kappa shape index (κ1) is 40.8. The number of unbranched alkanes of at least 4 members (excludes halogenated alkanes) is 10. The smallest absolute Gasteiger partial charge is 0.303 e. The molecule has 2 aliphatic heterocycles. The molecule has 270 valence electrons. The molecule has 0 aromatic rings. The van der Waals surface area contributed by atoms with Gasteiger partial charge in [-0.15, -0.1) is 0 Å². The van der Waals surface area contributed by atoms with Crippen LogP contribution < -0.4 is 0 Å². The van der Waals surface area contributed by atoms with Gasteiger partial charge in [0.15, 0.2) is 18.7 Å². The SMILES string of the molecule is CCCCCCCCO[C@H]1[C@@H](OCCCCCCCC)[C@@H](COC(C)=O)O[C@@H](O[C@H]2[C@H](O)[C@@H](O)[C@H](OC)O[C@@H]2CO)[C@@H]1OC(C)=O. The van der Waals surface area contributed by atoms with E-state index in [2.05, 4.69) is 13.8 Å². The molecule has 2 aliphatic rings. The lowest BCUT2D eigenvalue weighted by Crippen LogP contribution is -2.66. The molecule has 0 amide bonds. The second-order valence-corrected chi connectivity index (χ2v) is 12.2. The molecule has 2 heterocycles. The molecule has 0 aromatic carbocycles. The quantitative estimate of drug-likeness (QED) is 0.108. The van der Waals surface area contributed by atoms with Gasteiger partial charge < -0.3 is 53.2 Å². The number of carbonyl (C=O) groups excluding carboxylic acids is 2. The molecule has 0 bridgehead atoms. The second-order valence-electron chi connectivity index (χ2n) is 12.2. The van der Waals surface area contributed by atoms with Crippen molar-refractivity contribution in [3.63, 3.8) is 0 Å². The monoisotopic (exact) mass is 664 g/mol. The van der Waals surface area contributed by atoms with E-state index in [9.17, 15) is 24.9 Å². The number of ether oxygens (including phenoxy) is 8. The molecule has 2 saturated heterocycles. The molecule has 0 aromatic heterocycles. The van der Waals surface area contributed by atoms with Gasteiger partial charge in [0, 0.05) is 34.2 Å². The largest absolute Gasteiger partial charge is 0.463 e. The molecule has 10 atom stereocenters. The van der Waals surface area contributed by atoms with E-state index >= 15 is 0 Å². The number of aliphatic hydroxyl groups is 3. The molecule has 0 saturated carbocycles. The second kappa shape index (κ2) is 23.0. The van der Waals surface area contributed by atoms with Gasteiger partial charge in [-0.05, 0) is 12.8 Å². The van der Waals surface area contributed by atoms with Crippen LogP contribution in [0.5, 0.6) is 0 Å². The van der Waals surface area contributed by atoms with E-state index < -0.39 is 80.0 Å². The zero-order valence-electron chi connectivity index (χ0n) is 28.5. The van der Waals surface area contributed by atoms with E-state index in [1.165, 1.54) is 33.8 Å². The van der Waals surface area contributed by atoms with Gasteiger partial charge in [-0.25, -0.2) is 0 Å². The third-order valence-electron chi connectivity index (χ3n) is 8.30. The van der Waals surface area contributed by atoms with Crippen LogP contribution in [0.2, 0.25) is 0 Å². The number of methoxy groups -OCH3 is 1. The topological polar surface area (TPSA) is 169 Å². The first-order valence-corrected chi connectivity index (χ1v) is 17.2. The Morgan fingerprint density at radius 2 is 1.20 bits per heavy atom. The lowest BCUT2D eigenvalue weighted by molar-refractivity contribution is -0.362. The Labute approximate surface area is 274 Å². The number of hydrogen-bond acceptors (Lipinski definition) is 13. The Balaban J connectivity index is 2.33. The fraction of sp³-hybridized carbons (Fsp3) is 0.939. The van der Waals surface area contributed by atoms with Gasteiger partial charge in [0.25, 0.3) is 0 Å². The van der Waals surface area contributed by atoms with Crippen LogP contribution >= 0.6 is 0 Å². The van der Waals surface area contributed by atoms with E-state index in [4.69, 9.17) is 37.9 Å². The number of esters is 2. The highest BCUT2D eigenvalue weighted by Gasteiger charge is 2.54. The summed E-state index contributed by atoms with van der Waals surface area (Å²) in [6.07, 6.45) is 0.875. The van der Waals surface area contributed by atoms with Crippen LogP contribution in [-0.4, -0.2) is 122 Å². The Morgan fingerprint density at radius 1 is 0.652 bits per heavy atom. The minimum atomic E-state index is -1.55. The Kier molecular flexibility index (Phi) is 20.4. The summed E-state index contributed by atoms with van der Waals surface area (Å²) in [6.45, 7) is 6.84. The van der Waals surface area contributed by atoms with Crippen molar-refractivity contribution in [3.8, 4) is 0 Å². The van der Waals surface area contributed by atoms with Gasteiger partial charge in [0.05, 0.1) is 6.61 Å². The minimum absolute atomic E-state index is 0.193. The molecule has 0 radical (unpaired) electrons. The zero-order chi connectivity index (χ0) is 33.9. The summed E-state index contributed by atoms with van der Waals surface area (Å²) in [5.74, 6) is -1.14. The van der Waals surface area contributed by atoms with Gasteiger partial charge >= 0.3 is 11.9 Å². The third kappa shape index (κ3) is 13.6. The lowest BCUT2D eigenvalue weighted by Gasteiger charge is -2.48. The first-order valence-electron chi connectivity index (χ1n) is 17.2.